The topological polar surface area (TPSA) is 69.6 Å². The van der Waals surface area contributed by atoms with Gasteiger partial charge in [-0.3, -0.25) is 9.69 Å². The van der Waals surface area contributed by atoms with Gasteiger partial charge in [0.2, 0.25) is 5.92 Å². The molecule has 5 nitrogen and oxygen atoms in total. The molecule has 3 saturated carbocycles. The number of rotatable bonds is 6. The van der Waals surface area contributed by atoms with E-state index in [0.717, 1.165) is 29.5 Å². The zero-order valence-corrected chi connectivity index (χ0v) is 21.1. The van der Waals surface area contributed by atoms with Crippen molar-refractivity contribution in [3.8, 4) is 0 Å². The average molecular weight is 507 g/mol. The zero-order chi connectivity index (χ0) is 25.3. The van der Waals surface area contributed by atoms with Gasteiger partial charge in [0, 0.05) is 30.1 Å². The first-order valence-corrected chi connectivity index (χ1v) is 13.0. The van der Waals surface area contributed by atoms with E-state index in [1.54, 1.807) is 6.20 Å². The minimum atomic E-state index is -2.71. The molecular weight excluding hydrogens is 474 g/mol. The summed E-state index contributed by atoms with van der Waals surface area (Å²) in [4.78, 5) is 25.9. The van der Waals surface area contributed by atoms with Gasteiger partial charge in [-0.15, -0.1) is 0 Å². The summed E-state index contributed by atoms with van der Waals surface area (Å²) in [5.41, 5.74) is 1.65. The molecule has 5 rings (SSSR count). The largest absolute Gasteiger partial charge is 0.481 e. The van der Waals surface area contributed by atoms with Crippen molar-refractivity contribution in [2.45, 2.75) is 82.7 Å². The highest BCUT2D eigenvalue weighted by Crippen LogP contribution is 2.53. The predicted octanol–water partition coefficient (Wildman–Crippen LogP) is 6.52. The summed E-state index contributed by atoms with van der Waals surface area (Å²) in [6.07, 6.45) is 4.15. The normalized spacial score (nSPS) is 34.4. The maximum atomic E-state index is 13.9. The summed E-state index contributed by atoms with van der Waals surface area (Å²) in [5.74, 6) is -2.63. The summed E-state index contributed by atoms with van der Waals surface area (Å²) < 4.78 is 27.7. The molecule has 1 aliphatic heterocycles. The Hall–Kier alpha value is -2.15. The molecule has 0 radical (unpaired) electrons. The Balaban J connectivity index is 1.43. The van der Waals surface area contributed by atoms with Crippen LogP contribution in [0.25, 0.3) is 0 Å². The molecule has 0 unspecified atom stereocenters. The number of benzene rings is 1. The fourth-order valence-corrected chi connectivity index (χ4v) is 6.57. The third kappa shape index (κ3) is 4.24. The van der Waals surface area contributed by atoms with Gasteiger partial charge in [-0.2, -0.15) is 0 Å². The van der Waals surface area contributed by atoms with E-state index >= 15 is 0 Å². The van der Waals surface area contributed by atoms with Crippen LogP contribution in [0, 0.1) is 23.7 Å². The molecule has 190 valence electrons. The van der Waals surface area contributed by atoms with E-state index in [-0.39, 0.29) is 30.8 Å². The maximum absolute atomic E-state index is 13.9. The van der Waals surface area contributed by atoms with Gasteiger partial charge in [0.25, 0.3) is 0 Å². The molecule has 3 fully saturated rings. The molecule has 1 heterocycles. The van der Waals surface area contributed by atoms with Gasteiger partial charge in [0.05, 0.1) is 11.5 Å². The van der Waals surface area contributed by atoms with E-state index in [0.29, 0.717) is 35.6 Å². The molecule has 0 saturated heterocycles. The Bertz CT molecular complexity index is 1070. The molecule has 2 N–H and O–H groups in total. The number of alkyl halides is 2. The van der Waals surface area contributed by atoms with Crippen LogP contribution in [0.4, 0.5) is 13.6 Å². The molecular formula is C27H33ClF2N2O3. The van der Waals surface area contributed by atoms with Gasteiger partial charge in [-0.25, -0.2) is 13.6 Å². The highest BCUT2D eigenvalue weighted by atomic mass is 35.5. The van der Waals surface area contributed by atoms with Crippen LogP contribution in [0.1, 0.15) is 76.3 Å². The molecule has 1 atom stereocenters. The Morgan fingerprint density at radius 2 is 1.83 bits per heavy atom. The number of carboxylic acids is 1. The van der Waals surface area contributed by atoms with E-state index in [9.17, 15) is 23.5 Å². The van der Waals surface area contributed by atoms with Gasteiger partial charge < -0.3 is 10.4 Å². The molecule has 3 aliphatic carbocycles. The monoisotopic (exact) mass is 506 g/mol. The van der Waals surface area contributed by atoms with Crippen molar-refractivity contribution in [1.29, 1.82) is 0 Å². The van der Waals surface area contributed by atoms with Crippen LogP contribution in [-0.2, 0) is 10.3 Å². The predicted molar refractivity (Wildman–Crippen MR) is 129 cm³/mol. The Morgan fingerprint density at radius 1 is 1.17 bits per heavy atom. The Kier molecular flexibility index (Phi) is 5.93. The SMILES string of the molecule is CC(C)C1CC(c2ccc([C@]3(C)NC(=O)N(C4CC(C(=O)O)C4)C=C3C3CC(F)(F)C3)cc2Cl)C1. The van der Waals surface area contributed by atoms with Crippen LogP contribution in [0.5, 0.6) is 0 Å². The fourth-order valence-electron chi connectivity index (χ4n) is 6.24. The van der Waals surface area contributed by atoms with Crippen molar-refractivity contribution in [2.24, 2.45) is 23.7 Å². The number of amides is 2. The van der Waals surface area contributed by atoms with Crippen LogP contribution in [-0.4, -0.2) is 34.0 Å². The minimum absolute atomic E-state index is 0.241. The molecule has 0 bridgehead atoms. The number of aliphatic carboxylic acids is 1. The van der Waals surface area contributed by atoms with Crippen LogP contribution in [0.3, 0.4) is 0 Å². The van der Waals surface area contributed by atoms with Gasteiger partial charge in [-0.05, 0) is 79.0 Å². The molecule has 2 amide bonds. The standard InChI is InChI=1S/C27H33ClF2N2O3/c1-14(2)15-6-16(7-15)21-5-4-19(10-23(21)28)26(3)22(18-11-27(29,30)12-18)13-32(25(35)31-26)20-8-17(9-20)24(33)34/h4-5,10,13-18,20H,6-9,11-12H2,1-3H3,(H,31,35)(H,33,34)/t15?,16?,17?,20?,26-/m0/s1. The summed E-state index contributed by atoms with van der Waals surface area (Å²) in [5, 5.41) is 12.9. The second kappa shape index (κ2) is 8.46. The Labute approximate surface area is 209 Å². The van der Waals surface area contributed by atoms with E-state index in [1.807, 2.05) is 25.1 Å². The number of hydrogen-bond acceptors (Lipinski definition) is 2. The molecule has 35 heavy (non-hydrogen) atoms. The lowest BCUT2D eigenvalue weighted by atomic mass is 9.66. The third-order valence-corrected chi connectivity index (χ3v) is 9.29. The van der Waals surface area contributed by atoms with Gasteiger partial charge in [0.1, 0.15) is 0 Å². The van der Waals surface area contributed by atoms with Crippen LogP contribution >= 0.6 is 11.6 Å². The number of hydrogen-bond donors (Lipinski definition) is 2. The summed E-state index contributed by atoms with van der Waals surface area (Å²) in [6, 6.07) is 5.29. The summed E-state index contributed by atoms with van der Waals surface area (Å²) in [6.45, 7) is 6.34. The summed E-state index contributed by atoms with van der Waals surface area (Å²) in [7, 11) is 0. The average Bonchev–Trinajstić information content (AvgIpc) is 2.66. The van der Waals surface area contributed by atoms with Crippen LogP contribution in [0.2, 0.25) is 5.02 Å². The van der Waals surface area contributed by atoms with E-state index in [2.05, 4.69) is 19.2 Å². The smallest absolute Gasteiger partial charge is 0.322 e. The van der Waals surface area contributed by atoms with E-state index in [1.165, 1.54) is 4.90 Å². The number of nitrogens with one attached hydrogen (secondary N) is 1. The molecule has 0 spiro atoms. The molecule has 4 aliphatic rings. The number of nitrogens with zero attached hydrogens (tertiary/aromatic N) is 1. The van der Waals surface area contributed by atoms with Gasteiger partial charge in [0.15, 0.2) is 0 Å². The lowest BCUT2D eigenvalue weighted by molar-refractivity contribution is -0.146. The second-order valence-corrected chi connectivity index (χ2v) is 12.0. The minimum Gasteiger partial charge on any atom is -0.481 e. The quantitative estimate of drug-likeness (QED) is 0.461. The maximum Gasteiger partial charge on any atom is 0.322 e. The van der Waals surface area contributed by atoms with E-state index < -0.39 is 23.3 Å². The second-order valence-electron chi connectivity index (χ2n) is 11.6. The molecule has 8 heteroatoms. The highest BCUT2D eigenvalue weighted by molar-refractivity contribution is 6.31. The van der Waals surface area contributed by atoms with E-state index in [4.69, 9.17) is 11.6 Å². The Morgan fingerprint density at radius 3 is 2.37 bits per heavy atom. The fraction of sp³-hybridized carbons (Fsp3) is 0.630. The zero-order valence-electron chi connectivity index (χ0n) is 20.4. The molecule has 1 aromatic rings. The lowest BCUT2D eigenvalue weighted by Gasteiger charge is -2.50. The van der Waals surface area contributed by atoms with Crippen molar-refractivity contribution in [3.63, 3.8) is 0 Å². The first kappa shape index (κ1) is 24.5. The number of halogens is 3. The van der Waals surface area contributed by atoms with Crippen molar-refractivity contribution in [1.82, 2.24) is 10.2 Å². The first-order valence-electron chi connectivity index (χ1n) is 12.6. The van der Waals surface area contributed by atoms with Crippen molar-refractivity contribution in [2.75, 3.05) is 0 Å². The number of carbonyl (C=O) groups is 2. The molecule has 0 aromatic heterocycles. The highest BCUT2D eigenvalue weighted by Gasteiger charge is 2.54. The number of urea groups is 1. The third-order valence-electron chi connectivity index (χ3n) is 8.97. The lowest BCUT2D eigenvalue weighted by Crippen LogP contribution is -2.60. The van der Waals surface area contributed by atoms with Crippen molar-refractivity contribution < 1.29 is 23.5 Å². The van der Waals surface area contributed by atoms with Gasteiger partial charge in [-0.1, -0.05) is 37.6 Å². The van der Waals surface area contributed by atoms with Crippen LogP contribution < -0.4 is 5.32 Å². The number of carbonyl (C=O) groups excluding carboxylic acids is 1. The van der Waals surface area contributed by atoms with Gasteiger partial charge >= 0.3 is 12.0 Å². The number of carboxylic acid groups (broad SMARTS) is 1. The first-order chi connectivity index (χ1) is 16.4. The van der Waals surface area contributed by atoms with Crippen molar-refractivity contribution >= 4 is 23.6 Å². The van der Waals surface area contributed by atoms with Crippen molar-refractivity contribution in [3.05, 3.63) is 46.1 Å². The molecule has 1 aromatic carbocycles. The summed E-state index contributed by atoms with van der Waals surface area (Å²) >= 11 is 6.74. The van der Waals surface area contributed by atoms with Crippen LogP contribution in [0.15, 0.2) is 30.0 Å².